The summed E-state index contributed by atoms with van der Waals surface area (Å²) in [7, 11) is 3.51. The fraction of sp³-hybridized carbons (Fsp3) is 0.588. The van der Waals surface area contributed by atoms with Crippen LogP contribution in [0.4, 0.5) is 0 Å². The first kappa shape index (κ1) is 16.9. The predicted octanol–water partition coefficient (Wildman–Crippen LogP) is 1.47. The number of nitrogens with one attached hydrogen (secondary N) is 1. The first-order chi connectivity index (χ1) is 10.5. The fourth-order valence-corrected chi connectivity index (χ4v) is 2.71. The molecule has 0 aliphatic carbocycles. The van der Waals surface area contributed by atoms with E-state index in [4.69, 9.17) is 4.74 Å². The first-order valence-electron chi connectivity index (χ1n) is 7.81. The molecule has 0 saturated carbocycles. The zero-order chi connectivity index (χ0) is 16.1. The normalized spacial score (nSPS) is 22.5. The highest BCUT2D eigenvalue weighted by molar-refractivity contribution is 5.80. The first-order valence-corrected chi connectivity index (χ1v) is 7.81. The lowest BCUT2D eigenvalue weighted by molar-refractivity contribution is -0.140. The molecule has 3 unspecified atom stereocenters. The van der Waals surface area contributed by atoms with Gasteiger partial charge in [0.05, 0.1) is 12.7 Å². The van der Waals surface area contributed by atoms with Gasteiger partial charge in [0.2, 0.25) is 0 Å². The Kier molecular flexibility index (Phi) is 5.94. The number of carbonyl (C=O) groups is 1. The predicted molar refractivity (Wildman–Crippen MR) is 85.4 cm³/mol. The van der Waals surface area contributed by atoms with E-state index in [0.717, 1.165) is 30.5 Å². The molecule has 0 aromatic heterocycles. The summed E-state index contributed by atoms with van der Waals surface area (Å²) in [6, 6.07) is 8.10. The van der Waals surface area contributed by atoms with Crippen molar-refractivity contribution in [2.75, 3.05) is 20.6 Å². The van der Waals surface area contributed by atoms with Crippen LogP contribution in [0.15, 0.2) is 24.3 Å². The van der Waals surface area contributed by atoms with E-state index < -0.39 is 0 Å². The van der Waals surface area contributed by atoms with Crippen molar-refractivity contribution in [3.8, 4) is 0 Å². The maximum Gasteiger partial charge on any atom is 0.251 e. The van der Waals surface area contributed by atoms with Gasteiger partial charge < -0.3 is 20.1 Å². The molecule has 22 heavy (non-hydrogen) atoms. The van der Waals surface area contributed by atoms with Crippen LogP contribution < -0.4 is 5.32 Å². The lowest BCUT2D eigenvalue weighted by Gasteiger charge is -2.20. The van der Waals surface area contributed by atoms with Gasteiger partial charge in [0.1, 0.15) is 6.10 Å². The van der Waals surface area contributed by atoms with Gasteiger partial charge >= 0.3 is 0 Å². The van der Waals surface area contributed by atoms with Crippen molar-refractivity contribution in [3.63, 3.8) is 0 Å². The quantitative estimate of drug-likeness (QED) is 0.835. The Labute approximate surface area is 132 Å². The van der Waals surface area contributed by atoms with Crippen LogP contribution >= 0.6 is 0 Å². The second-order valence-corrected chi connectivity index (χ2v) is 6.09. The van der Waals surface area contributed by atoms with Crippen molar-refractivity contribution in [2.24, 2.45) is 0 Å². The second-order valence-electron chi connectivity index (χ2n) is 6.09. The number of nitrogens with zero attached hydrogens (tertiary/aromatic N) is 1. The molecule has 122 valence electrons. The number of carbonyl (C=O) groups excluding carboxylic acids is 1. The van der Waals surface area contributed by atoms with E-state index in [1.807, 2.05) is 24.3 Å². The van der Waals surface area contributed by atoms with E-state index in [-0.39, 0.29) is 30.8 Å². The van der Waals surface area contributed by atoms with Crippen LogP contribution in [0.25, 0.3) is 0 Å². The number of aliphatic hydroxyl groups excluding tert-OH is 1. The molecule has 0 bridgehead atoms. The van der Waals surface area contributed by atoms with Crippen LogP contribution in [-0.2, 0) is 16.1 Å². The van der Waals surface area contributed by atoms with Gasteiger partial charge in [-0.2, -0.15) is 0 Å². The van der Waals surface area contributed by atoms with E-state index in [1.165, 1.54) is 0 Å². The van der Waals surface area contributed by atoms with Gasteiger partial charge in [0.25, 0.3) is 5.91 Å². The molecule has 1 amide bonds. The van der Waals surface area contributed by atoms with Gasteiger partial charge in [-0.05, 0) is 30.9 Å². The number of rotatable bonds is 6. The molecule has 1 heterocycles. The van der Waals surface area contributed by atoms with Crippen LogP contribution in [0, 0.1) is 0 Å². The highest BCUT2D eigenvalue weighted by Crippen LogP contribution is 2.21. The summed E-state index contributed by atoms with van der Waals surface area (Å²) in [5.41, 5.74) is 2.06. The van der Waals surface area contributed by atoms with Crippen LogP contribution in [0.1, 0.15) is 36.9 Å². The van der Waals surface area contributed by atoms with Gasteiger partial charge in [-0.1, -0.05) is 24.3 Å². The summed E-state index contributed by atoms with van der Waals surface area (Å²) >= 11 is 0. The summed E-state index contributed by atoms with van der Waals surface area (Å²) in [6.45, 7) is 2.87. The van der Waals surface area contributed by atoms with Crippen molar-refractivity contribution < 1.29 is 14.6 Å². The average Bonchev–Trinajstić information content (AvgIpc) is 3.00. The molecule has 2 N–H and O–H groups in total. The molecule has 0 spiro atoms. The number of hydrogen-bond donors (Lipinski definition) is 2. The standard InChI is InChI=1S/C17H26N2O3/c1-12(14-6-4-5-13(9-14)11-20)18-10-15-7-8-16(22-15)17(21)19(2)3/h4-6,9,12,15-16,18,20H,7-8,10-11H2,1-3H3. The molecule has 1 aliphatic rings. The minimum absolute atomic E-state index is 0.0474. The van der Waals surface area contributed by atoms with Crippen molar-refractivity contribution in [3.05, 3.63) is 35.4 Å². The molecule has 1 saturated heterocycles. The summed E-state index contributed by atoms with van der Waals surface area (Å²) in [5.74, 6) is 0.0474. The zero-order valence-corrected chi connectivity index (χ0v) is 13.6. The van der Waals surface area contributed by atoms with Crippen molar-refractivity contribution >= 4 is 5.91 Å². The van der Waals surface area contributed by atoms with Crippen molar-refractivity contribution in [1.82, 2.24) is 10.2 Å². The van der Waals surface area contributed by atoms with E-state index >= 15 is 0 Å². The summed E-state index contributed by atoms with van der Waals surface area (Å²) in [4.78, 5) is 13.5. The largest absolute Gasteiger partial charge is 0.392 e. The Hall–Kier alpha value is -1.43. The number of amides is 1. The van der Waals surface area contributed by atoms with Crippen LogP contribution in [-0.4, -0.2) is 48.8 Å². The van der Waals surface area contributed by atoms with E-state index in [0.29, 0.717) is 0 Å². The third-order valence-corrected chi connectivity index (χ3v) is 4.11. The summed E-state index contributed by atoms with van der Waals surface area (Å²) in [5, 5.41) is 12.6. The third kappa shape index (κ3) is 4.29. The molecule has 1 aromatic rings. The number of ether oxygens (including phenoxy) is 1. The van der Waals surface area contributed by atoms with Crippen LogP contribution in [0.5, 0.6) is 0 Å². The average molecular weight is 306 g/mol. The summed E-state index contributed by atoms with van der Waals surface area (Å²) < 4.78 is 5.82. The van der Waals surface area contributed by atoms with Crippen molar-refractivity contribution in [1.29, 1.82) is 0 Å². The maximum atomic E-state index is 11.9. The number of benzene rings is 1. The molecule has 1 fully saturated rings. The minimum atomic E-state index is -0.296. The molecular weight excluding hydrogens is 280 g/mol. The Bertz CT molecular complexity index is 504. The van der Waals surface area contributed by atoms with Crippen molar-refractivity contribution in [2.45, 2.75) is 44.6 Å². The Balaban J connectivity index is 1.82. The third-order valence-electron chi connectivity index (χ3n) is 4.11. The van der Waals surface area contributed by atoms with E-state index in [9.17, 15) is 9.90 Å². The Morgan fingerprint density at radius 3 is 2.91 bits per heavy atom. The molecular formula is C17H26N2O3. The lowest BCUT2D eigenvalue weighted by Crippen LogP contribution is -2.35. The maximum absolute atomic E-state index is 11.9. The van der Waals surface area contributed by atoms with Gasteiger partial charge in [0, 0.05) is 26.7 Å². The minimum Gasteiger partial charge on any atom is -0.392 e. The number of hydrogen-bond acceptors (Lipinski definition) is 4. The SMILES string of the molecule is CC(NCC1CCC(C(=O)N(C)C)O1)c1cccc(CO)c1. The smallest absolute Gasteiger partial charge is 0.251 e. The molecule has 5 heteroatoms. The molecule has 2 rings (SSSR count). The monoisotopic (exact) mass is 306 g/mol. The highest BCUT2D eigenvalue weighted by Gasteiger charge is 2.31. The van der Waals surface area contributed by atoms with Gasteiger partial charge in [-0.15, -0.1) is 0 Å². The Morgan fingerprint density at radius 1 is 1.45 bits per heavy atom. The van der Waals surface area contributed by atoms with Gasteiger partial charge in [-0.25, -0.2) is 0 Å². The van der Waals surface area contributed by atoms with E-state index in [1.54, 1.807) is 19.0 Å². The van der Waals surface area contributed by atoms with Crippen LogP contribution in [0.3, 0.4) is 0 Å². The van der Waals surface area contributed by atoms with Crippen LogP contribution in [0.2, 0.25) is 0 Å². The van der Waals surface area contributed by atoms with E-state index in [2.05, 4.69) is 12.2 Å². The molecule has 1 aromatic carbocycles. The molecule has 0 radical (unpaired) electrons. The topological polar surface area (TPSA) is 61.8 Å². The highest BCUT2D eigenvalue weighted by atomic mass is 16.5. The Morgan fingerprint density at radius 2 is 2.23 bits per heavy atom. The van der Waals surface area contributed by atoms with Gasteiger partial charge in [0.15, 0.2) is 0 Å². The fourth-order valence-electron chi connectivity index (χ4n) is 2.71. The molecule has 5 nitrogen and oxygen atoms in total. The summed E-state index contributed by atoms with van der Waals surface area (Å²) in [6.07, 6.45) is 1.48. The van der Waals surface area contributed by atoms with Gasteiger partial charge in [-0.3, -0.25) is 4.79 Å². The second kappa shape index (κ2) is 7.72. The zero-order valence-electron chi connectivity index (χ0n) is 13.6. The molecule has 1 aliphatic heterocycles. The number of likely N-dealkylation sites (N-methyl/N-ethyl adjacent to an activating group) is 1. The number of aliphatic hydroxyl groups is 1. The molecule has 3 atom stereocenters. The lowest BCUT2D eigenvalue weighted by atomic mass is 10.1.